The summed E-state index contributed by atoms with van der Waals surface area (Å²) in [4.78, 5) is 36.6. The molecule has 11 heteroatoms. The highest BCUT2D eigenvalue weighted by Crippen LogP contribution is 2.36. The molecule has 0 radical (unpaired) electrons. The topological polar surface area (TPSA) is 123 Å². The molecule has 1 aliphatic heterocycles. The maximum atomic E-state index is 11.4. The highest BCUT2D eigenvalue weighted by Gasteiger charge is 2.52. The van der Waals surface area contributed by atoms with Crippen molar-refractivity contribution in [3.8, 4) is 0 Å². The predicted octanol–water partition coefficient (Wildman–Crippen LogP) is 0.791. The largest absolute Gasteiger partial charge is 0.455 e. The Kier molecular flexibility index (Phi) is 5.16. The molecule has 1 aromatic rings. The van der Waals surface area contributed by atoms with Gasteiger partial charge >= 0.3 is 17.9 Å². The van der Waals surface area contributed by atoms with E-state index in [-0.39, 0.29) is 5.88 Å². The number of nitrogens with zero attached hydrogens (tertiary/aromatic N) is 3. The fourth-order valence-electron chi connectivity index (χ4n) is 2.35. The minimum Gasteiger partial charge on any atom is -0.455 e. The van der Waals surface area contributed by atoms with Crippen LogP contribution in [0.5, 0.6) is 0 Å². The summed E-state index contributed by atoms with van der Waals surface area (Å²) in [6.07, 6.45) is -1.44. The molecule has 0 spiro atoms. The maximum absolute atomic E-state index is 11.4. The quantitative estimate of drug-likeness (QED) is 0.331. The summed E-state index contributed by atoms with van der Waals surface area (Å²) < 4.78 is 17.0. The number of hydrogen-bond donors (Lipinski definition) is 0. The fraction of sp³-hybridized carbons (Fsp3) is 0.583. The molecule has 1 saturated heterocycles. The Balaban J connectivity index is 2.39. The number of carbonyl (C=O) groups is 2. The zero-order valence-electron chi connectivity index (χ0n) is 12.2. The van der Waals surface area contributed by atoms with Crippen LogP contribution >= 0.6 is 11.6 Å². The van der Waals surface area contributed by atoms with E-state index in [9.17, 15) is 19.7 Å². The summed E-state index contributed by atoms with van der Waals surface area (Å²) in [7, 11) is 0. The molecular weight excluding hydrogens is 334 g/mol. The van der Waals surface area contributed by atoms with Crippen LogP contribution in [0.3, 0.4) is 0 Å². The van der Waals surface area contributed by atoms with Crippen LogP contribution in [-0.2, 0) is 23.8 Å². The van der Waals surface area contributed by atoms with E-state index < -0.39 is 47.4 Å². The van der Waals surface area contributed by atoms with Crippen LogP contribution in [0.4, 0.5) is 5.95 Å². The highest BCUT2D eigenvalue weighted by atomic mass is 35.5. The first-order chi connectivity index (χ1) is 10.8. The number of hydrogen-bond acceptors (Lipinski definition) is 8. The van der Waals surface area contributed by atoms with Gasteiger partial charge in [-0.1, -0.05) is 4.98 Å². The zero-order valence-corrected chi connectivity index (χ0v) is 13.0. The lowest BCUT2D eigenvalue weighted by atomic mass is 10.1. The minimum absolute atomic E-state index is 0.0608. The van der Waals surface area contributed by atoms with Crippen LogP contribution in [0.25, 0.3) is 0 Å². The van der Waals surface area contributed by atoms with Gasteiger partial charge in [-0.05, 0) is 4.92 Å². The Morgan fingerprint density at radius 1 is 1.39 bits per heavy atom. The number of aromatic nitrogens is 2. The van der Waals surface area contributed by atoms with E-state index in [4.69, 9.17) is 25.8 Å². The summed E-state index contributed by atoms with van der Waals surface area (Å²) in [6, 6.07) is 0. The van der Waals surface area contributed by atoms with Crippen molar-refractivity contribution in [1.29, 1.82) is 0 Å². The zero-order chi connectivity index (χ0) is 17.1. The van der Waals surface area contributed by atoms with Crippen molar-refractivity contribution in [3.63, 3.8) is 0 Å². The molecule has 0 aromatic carbocycles. The third-order valence-corrected chi connectivity index (χ3v) is 3.43. The number of halogens is 1. The Labute approximate surface area is 135 Å². The first-order valence-electron chi connectivity index (χ1n) is 6.58. The summed E-state index contributed by atoms with van der Waals surface area (Å²) >= 11 is 5.80. The van der Waals surface area contributed by atoms with E-state index in [2.05, 4.69) is 4.98 Å². The van der Waals surface area contributed by atoms with E-state index in [1.165, 1.54) is 19.3 Å². The standard InChI is InChI=1S/C12H14ClN3O7/c1-6(17)21-9-8(5-13)23-11(10(9)22-7(2)18)15-4-3-14-12(15)16(19)20/h3-4,8-11H,5H2,1-2H3/t8-,9-,10+,11-/m1/s1. The smallest absolute Gasteiger partial charge is 0.436 e. The lowest BCUT2D eigenvalue weighted by molar-refractivity contribution is -0.398. The minimum atomic E-state index is -1.09. The van der Waals surface area contributed by atoms with Crippen molar-refractivity contribution in [2.45, 2.75) is 38.4 Å². The first-order valence-corrected chi connectivity index (χ1v) is 7.11. The average Bonchev–Trinajstić information content (AvgIpc) is 3.04. The molecule has 10 nitrogen and oxygen atoms in total. The first kappa shape index (κ1) is 17.2. The Hall–Kier alpha value is -2.20. The molecule has 0 N–H and O–H groups in total. The van der Waals surface area contributed by atoms with E-state index in [0.717, 1.165) is 11.5 Å². The fourth-order valence-corrected chi connectivity index (χ4v) is 2.60. The Morgan fingerprint density at radius 3 is 2.52 bits per heavy atom. The van der Waals surface area contributed by atoms with Gasteiger partial charge in [0.05, 0.1) is 5.88 Å². The summed E-state index contributed by atoms with van der Waals surface area (Å²) in [5.74, 6) is -1.83. The van der Waals surface area contributed by atoms with E-state index >= 15 is 0 Å². The molecule has 4 atom stereocenters. The van der Waals surface area contributed by atoms with Gasteiger partial charge in [-0.15, -0.1) is 11.6 Å². The second-order valence-corrected chi connectivity index (χ2v) is 5.07. The number of imidazole rings is 1. The molecule has 0 bridgehead atoms. The molecular formula is C12H14ClN3O7. The highest BCUT2D eigenvalue weighted by molar-refractivity contribution is 6.18. The summed E-state index contributed by atoms with van der Waals surface area (Å²) in [6.45, 7) is 2.35. The Morgan fingerprint density at radius 2 is 2.00 bits per heavy atom. The van der Waals surface area contributed by atoms with E-state index in [1.54, 1.807) is 0 Å². The van der Waals surface area contributed by atoms with Gasteiger partial charge in [0, 0.05) is 13.8 Å². The van der Waals surface area contributed by atoms with Gasteiger partial charge < -0.3 is 24.3 Å². The van der Waals surface area contributed by atoms with Crippen LogP contribution in [0.1, 0.15) is 20.1 Å². The van der Waals surface area contributed by atoms with Crippen LogP contribution in [0, 0.1) is 10.1 Å². The number of rotatable bonds is 5. The third kappa shape index (κ3) is 3.59. The molecule has 126 valence electrons. The SMILES string of the molecule is CC(=O)O[C@H]1[C@H](OC(C)=O)[C@@H](CCl)O[C@H]1n1ccnc1[N+](=O)[O-]. The van der Waals surface area contributed by atoms with Gasteiger partial charge in [0.2, 0.25) is 6.23 Å². The molecule has 23 heavy (non-hydrogen) atoms. The summed E-state index contributed by atoms with van der Waals surface area (Å²) in [5.41, 5.74) is 0. The molecule has 2 rings (SSSR count). The van der Waals surface area contributed by atoms with Gasteiger partial charge in [-0.25, -0.2) is 0 Å². The molecule has 1 fully saturated rings. The van der Waals surface area contributed by atoms with Crippen molar-refractivity contribution in [2.24, 2.45) is 0 Å². The predicted molar refractivity (Wildman–Crippen MR) is 74.6 cm³/mol. The Bertz CT molecular complexity index is 620. The van der Waals surface area contributed by atoms with Crippen molar-refractivity contribution in [3.05, 3.63) is 22.5 Å². The van der Waals surface area contributed by atoms with E-state index in [1.807, 2.05) is 0 Å². The normalized spacial score (nSPS) is 26.7. The van der Waals surface area contributed by atoms with Gasteiger partial charge in [0.1, 0.15) is 18.5 Å². The van der Waals surface area contributed by atoms with Crippen molar-refractivity contribution >= 4 is 29.5 Å². The van der Waals surface area contributed by atoms with Crippen LogP contribution in [0.2, 0.25) is 0 Å². The van der Waals surface area contributed by atoms with Gasteiger partial charge in [-0.3, -0.25) is 9.59 Å². The van der Waals surface area contributed by atoms with Gasteiger partial charge in [0.25, 0.3) is 0 Å². The van der Waals surface area contributed by atoms with Crippen molar-refractivity contribution in [1.82, 2.24) is 9.55 Å². The molecule has 0 aliphatic carbocycles. The second kappa shape index (κ2) is 6.92. The molecule has 1 aliphatic rings. The molecule has 2 heterocycles. The van der Waals surface area contributed by atoms with Crippen LogP contribution < -0.4 is 0 Å². The van der Waals surface area contributed by atoms with Gasteiger partial charge in [0.15, 0.2) is 12.2 Å². The summed E-state index contributed by atoms with van der Waals surface area (Å²) in [5, 5.41) is 11.0. The lowest BCUT2D eigenvalue weighted by Crippen LogP contribution is -2.39. The maximum Gasteiger partial charge on any atom is 0.436 e. The van der Waals surface area contributed by atoms with E-state index in [0.29, 0.717) is 0 Å². The molecule has 0 saturated carbocycles. The number of nitro groups is 1. The number of carbonyl (C=O) groups excluding carboxylic acids is 2. The number of alkyl halides is 1. The van der Waals surface area contributed by atoms with Crippen molar-refractivity contribution < 1.29 is 28.7 Å². The second-order valence-electron chi connectivity index (χ2n) is 4.76. The monoisotopic (exact) mass is 347 g/mol. The molecule has 0 unspecified atom stereocenters. The van der Waals surface area contributed by atoms with Crippen LogP contribution in [-0.4, -0.2) is 50.6 Å². The van der Waals surface area contributed by atoms with Crippen molar-refractivity contribution in [2.75, 3.05) is 5.88 Å². The number of ether oxygens (including phenoxy) is 3. The van der Waals surface area contributed by atoms with Crippen LogP contribution in [0.15, 0.2) is 12.4 Å². The molecule has 1 aromatic heterocycles. The van der Waals surface area contributed by atoms with Gasteiger partial charge in [-0.2, -0.15) is 4.57 Å². The lowest BCUT2D eigenvalue weighted by Gasteiger charge is -2.22. The molecule has 0 amide bonds. The third-order valence-electron chi connectivity index (χ3n) is 3.13. The number of esters is 2. The average molecular weight is 348 g/mol.